The molecule has 0 aliphatic heterocycles. The zero-order valence-corrected chi connectivity index (χ0v) is 14.7. The highest BCUT2D eigenvalue weighted by Gasteiger charge is 2.37. The van der Waals surface area contributed by atoms with E-state index in [0.717, 1.165) is 11.1 Å². The first kappa shape index (κ1) is 18.2. The third kappa shape index (κ3) is 3.84. The number of hydrogen-bond donors (Lipinski definition) is 2. The second-order valence-corrected chi connectivity index (χ2v) is 6.81. The van der Waals surface area contributed by atoms with Crippen LogP contribution in [0, 0.1) is 11.8 Å². The number of anilines is 1. The summed E-state index contributed by atoms with van der Waals surface area (Å²) in [6.45, 7) is 5.77. The standard InChI is InChI=1S/C17H21NO5S/c1-4-23-17(22)11-5-6-24-15(11)18-14(19)12-7-9(2)10(3)8-13(12)16(20)21/h5-6,12-13H,4,7-8H2,1-3H3,(H,18,19)(H,20,21)/t12-,13+/m1/s1. The first-order valence-corrected chi connectivity index (χ1v) is 8.66. The van der Waals surface area contributed by atoms with Crippen molar-refractivity contribution in [2.45, 2.75) is 33.6 Å². The van der Waals surface area contributed by atoms with E-state index in [9.17, 15) is 19.5 Å². The SMILES string of the molecule is CCOC(=O)c1ccsc1NC(=O)[C@@H]1CC(C)=C(C)C[C@@H]1C(=O)O. The molecular weight excluding hydrogens is 330 g/mol. The van der Waals surface area contributed by atoms with Crippen LogP contribution in [0.15, 0.2) is 22.6 Å². The van der Waals surface area contributed by atoms with Crippen molar-refractivity contribution in [2.75, 3.05) is 11.9 Å². The summed E-state index contributed by atoms with van der Waals surface area (Å²) in [6, 6.07) is 1.59. The van der Waals surface area contributed by atoms with Crippen molar-refractivity contribution in [2.24, 2.45) is 11.8 Å². The molecule has 130 valence electrons. The van der Waals surface area contributed by atoms with Crippen LogP contribution < -0.4 is 5.32 Å². The van der Waals surface area contributed by atoms with Gasteiger partial charge in [-0.1, -0.05) is 11.1 Å². The lowest BCUT2D eigenvalue weighted by molar-refractivity contribution is -0.146. The van der Waals surface area contributed by atoms with Crippen LogP contribution in [0.25, 0.3) is 0 Å². The number of carbonyl (C=O) groups is 3. The van der Waals surface area contributed by atoms with Gasteiger partial charge in [-0.15, -0.1) is 11.3 Å². The largest absolute Gasteiger partial charge is 0.481 e. The summed E-state index contributed by atoms with van der Waals surface area (Å²) >= 11 is 1.21. The molecule has 24 heavy (non-hydrogen) atoms. The van der Waals surface area contributed by atoms with Crippen molar-refractivity contribution < 1.29 is 24.2 Å². The van der Waals surface area contributed by atoms with E-state index >= 15 is 0 Å². The van der Waals surface area contributed by atoms with Crippen molar-refractivity contribution in [3.8, 4) is 0 Å². The molecule has 0 radical (unpaired) electrons. The Morgan fingerprint density at radius 2 is 1.88 bits per heavy atom. The van der Waals surface area contributed by atoms with Gasteiger partial charge in [-0.25, -0.2) is 4.79 Å². The molecule has 0 saturated heterocycles. The highest BCUT2D eigenvalue weighted by atomic mass is 32.1. The molecule has 2 atom stereocenters. The molecule has 0 spiro atoms. The van der Waals surface area contributed by atoms with Crippen molar-refractivity contribution in [1.29, 1.82) is 0 Å². The first-order chi connectivity index (χ1) is 11.3. The normalized spacial score (nSPS) is 20.6. The molecule has 0 saturated carbocycles. The first-order valence-electron chi connectivity index (χ1n) is 7.78. The van der Waals surface area contributed by atoms with Gasteiger partial charge in [0.15, 0.2) is 0 Å². The van der Waals surface area contributed by atoms with Crippen molar-refractivity contribution in [3.05, 3.63) is 28.2 Å². The summed E-state index contributed by atoms with van der Waals surface area (Å²) in [5.74, 6) is -3.25. The topological polar surface area (TPSA) is 92.7 Å². The van der Waals surface area contributed by atoms with Crippen LogP contribution in [0.1, 0.15) is 44.0 Å². The van der Waals surface area contributed by atoms with Gasteiger partial charge in [0.25, 0.3) is 0 Å². The Hall–Kier alpha value is -2.15. The molecule has 1 aromatic heterocycles. The molecule has 0 bridgehead atoms. The summed E-state index contributed by atoms with van der Waals surface area (Å²) in [6.07, 6.45) is 0.781. The number of rotatable bonds is 5. The van der Waals surface area contributed by atoms with Gasteiger partial charge in [0.05, 0.1) is 24.0 Å². The fourth-order valence-electron chi connectivity index (χ4n) is 2.81. The van der Waals surface area contributed by atoms with E-state index in [1.165, 1.54) is 11.3 Å². The summed E-state index contributed by atoms with van der Waals surface area (Å²) in [5.41, 5.74) is 2.36. The van der Waals surface area contributed by atoms with Gasteiger partial charge in [-0.05, 0) is 45.1 Å². The number of hydrogen-bond acceptors (Lipinski definition) is 5. The van der Waals surface area contributed by atoms with Gasteiger partial charge >= 0.3 is 11.9 Å². The van der Waals surface area contributed by atoms with Crippen molar-refractivity contribution in [1.82, 2.24) is 0 Å². The highest BCUT2D eigenvalue weighted by Crippen LogP contribution is 2.35. The smallest absolute Gasteiger partial charge is 0.341 e. The molecule has 2 rings (SSSR count). The summed E-state index contributed by atoms with van der Waals surface area (Å²) in [4.78, 5) is 36.0. The van der Waals surface area contributed by atoms with Crippen LogP contribution in [-0.2, 0) is 14.3 Å². The lowest BCUT2D eigenvalue weighted by Gasteiger charge is -2.29. The fraction of sp³-hybridized carbons (Fsp3) is 0.471. The molecule has 1 amide bonds. The van der Waals surface area contributed by atoms with Crippen LogP contribution in [-0.4, -0.2) is 29.6 Å². The Morgan fingerprint density at radius 1 is 1.25 bits per heavy atom. The quantitative estimate of drug-likeness (QED) is 0.627. The maximum atomic E-state index is 12.6. The van der Waals surface area contributed by atoms with Gasteiger partial charge in [0.2, 0.25) is 5.91 Å². The molecule has 1 aliphatic carbocycles. The van der Waals surface area contributed by atoms with Crippen molar-refractivity contribution in [3.63, 3.8) is 0 Å². The Kier molecular flexibility index (Phi) is 5.77. The average Bonchev–Trinajstić information content (AvgIpc) is 2.97. The molecule has 1 heterocycles. The summed E-state index contributed by atoms with van der Waals surface area (Å²) in [7, 11) is 0. The van der Waals surface area contributed by atoms with Gasteiger partial charge in [0.1, 0.15) is 5.00 Å². The van der Waals surface area contributed by atoms with Crippen LogP contribution >= 0.6 is 11.3 Å². The average molecular weight is 351 g/mol. The Balaban J connectivity index is 2.19. The maximum Gasteiger partial charge on any atom is 0.341 e. The third-order valence-electron chi connectivity index (χ3n) is 4.32. The van der Waals surface area contributed by atoms with Crippen LogP contribution in [0.3, 0.4) is 0 Å². The van der Waals surface area contributed by atoms with E-state index in [2.05, 4.69) is 5.32 Å². The lowest BCUT2D eigenvalue weighted by atomic mass is 9.76. The molecule has 6 nitrogen and oxygen atoms in total. The Bertz CT molecular complexity index is 691. The van der Waals surface area contributed by atoms with E-state index < -0.39 is 23.8 Å². The van der Waals surface area contributed by atoms with Crippen LogP contribution in [0.4, 0.5) is 5.00 Å². The van der Waals surface area contributed by atoms with E-state index in [0.29, 0.717) is 23.4 Å². The predicted molar refractivity (Wildman–Crippen MR) is 91.1 cm³/mol. The van der Waals surface area contributed by atoms with Crippen LogP contribution in [0.2, 0.25) is 0 Å². The summed E-state index contributed by atoms with van der Waals surface area (Å²) in [5, 5.41) is 14.2. The lowest BCUT2D eigenvalue weighted by Crippen LogP contribution is -2.36. The predicted octanol–water partition coefficient (Wildman–Crippen LogP) is 3.31. The highest BCUT2D eigenvalue weighted by molar-refractivity contribution is 7.14. The molecule has 2 N–H and O–H groups in total. The fourth-order valence-corrected chi connectivity index (χ4v) is 3.59. The number of ether oxygens (including phenoxy) is 1. The minimum absolute atomic E-state index is 0.245. The zero-order valence-electron chi connectivity index (χ0n) is 13.9. The van der Waals surface area contributed by atoms with E-state index in [-0.39, 0.29) is 12.5 Å². The monoisotopic (exact) mass is 351 g/mol. The second-order valence-electron chi connectivity index (χ2n) is 5.89. The van der Waals surface area contributed by atoms with Crippen LogP contribution in [0.5, 0.6) is 0 Å². The molecule has 0 unspecified atom stereocenters. The molecular formula is C17H21NO5S. The minimum Gasteiger partial charge on any atom is -0.481 e. The van der Waals surface area contributed by atoms with E-state index in [4.69, 9.17) is 4.74 Å². The van der Waals surface area contributed by atoms with E-state index in [1.54, 1.807) is 18.4 Å². The molecule has 7 heteroatoms. The number of carbonyl (C=O) groups excluding carboxylic acids is 2. The zero-order chi connectivity index (χ0) is 17.9. The summed E-state index contributed by atoms with van der Waals surface area (Å²) < 4.78 is 4.96. The number of esters is 1. The number of allylic oxidation sites excluding steroid dienone is 2. The Morgan fingerprint density at radius 3 is 2.46 bits per heavy atom. The Labute approximate surface area is 144 Å². The minimum atomic E-state index is -0.973. The van der Waals surface area contributed by atoms with Crippen molar-refractivity contribution >= 4 is 34.2 Å². The number of carboxylic acids is 1. The number of nitrogens with one attached hydrogen (secondary N) is 1. The van der Waals surface area contributed by atoms with E-state index in [1.807, 2.05) is 13.8 Å². The second kappa shape index (κ2) is 7.61. The third-order valence-corrected chi connectivity index (χ3v) is 5.15. The van der Waals surface area contributed by atoms with Gasteiger partial charge in [-0.3, -0.25) is 9.59 Å². The molecule has 1 aliphatic rings. The van der Waals surface area contributed by atoms with Gasteiger partial charge in [-0.2, -0.15) is 0 Å². The number of carboxylic acid groups (broad SMARTS) is 1. The molecule has 0 aromatic carbocycles. The van der Waals surface area contributed by atoms with Gasteiger partial charge in [0, 0.05) is 0 Å². The molecule has 0 fully saturated rings. The number of amides is 1. The van der Waals surface area contributed by atoms with Gasteiger partial charge < -0.3 is 15.2 Å². The maximum absolute atomic E-state index is 12.6. The number of aliphatic carboxylic acids is 1. The molecule has 1 aromatic rings. The number of thiophene rings is 1.